The molecule has 0 aromatic carbocycles. The first-order chi connectivity index (χ1) is 7.20. The lowest BCUT2D eigenvalue weighted by Gasteiger charge is -2.28. The van der Waals surface area contributed by atoms with Crippen LogP contribution in [0.3, 0.4) is 0 Å². The summed E-state index contributed by atoms with van der Waals surface area (Å²) in [6, 6.07) is 0. The van der Waals surface area contributed by atoms with Crippen LogP contribution in [0, 0.1) is 5.41 Å². The second-order valence-corrected chi connectivity index (χ2v) is 3.71. The highest BCUT2D eigenvalue weighted by molar-refractivity contribution is 5.79. The fraction of sp³-hybridized carbons (Fsp3) is 0.900. The molecular weight excluding hydrogens is 202 g/mol. The highest BCUT2D eigenvalue weighted by Gasteiger charge is 2.13. The Balaban J connectivity index is 2.07. The summed E-state index contributed by atoms with van der Waals surface area (Å²) in [5.74, 6) is 0.518. The second-order valence-electron chi connectivity index (χ2n) is 3.71. The van der Waals surface area contributed by atoms with Crippen molar-refractivity contribution in [3.8, 4) is 0 Å². The number of nitrogens with one attached hydrogen (secondary N) is 1. The van der Waals surface area contributed by atoms with E-state index in [0.29, 0.717) is 12.3 Å². The summed E-state index contributed by atoms with van der Waals surface area (Å²) < 4.78 is 28.2. The van der Waals surface area contributed by atoms with Gasteiger partial charge in [-0.2, -0.15) is 0 Å². The third-order valence-electron chi connectivity index (χ3n) is 2.46. The molecule has 0 saturated carbocycles. The van der Waals surface area contributed by atoms with Gasteiger partial charge < -0.3 is 9.64 Å². The molecule has 0 spiro atoms. The fourth-order valence-corrected chi connectivity index (χ4v) is 1.66. The number of likely N-dealkylation sites (tertiary alicyclic amines) is 1. The molecule has 1 saturated heterocycles. The van der Waals surface area contributed by atoms with E-state index in [4.69, 9.17) is 10.1 Å². The van der Waals surface area contributed by atoms with E-state index in [1.165, 1.54) is 6.42 Å². The van der Waals surface area contributed by atoms with E-state index >= 15 is 0 Å². The number of halogens is 2. The lowest BCUT2D eigenvalue weighted by molar-refractivity contribution is 0.0195. The van der Waals surface area contributed by atoms with Gasteiger partial charge in [0.15, 0.2) is 0 Å². The first-order valence-corrected chi connectivity index (χ1v) is 5.38. The standard InChI is InChI=1S/C10H18F2N2O/c11-9(12)8-15-7-4-10(13)14-5-2-1-3-6-14/h9,13H,1-8H2. The summed E-state index contributed by atoms with van der Waals surface area (Å²) in [5.41, 5.74) is 0. The average molecular weight is 220 g/mol. The van der Waals surface area contributed by atoms with E-state index in [0.717, 1.165) is 25.9 Å². The van der Waals surface area contributed by atoms with Gasteiger partial charge in [0.25, 0.3) is 6.43 Å². The molecule has 88 valence electrons. The van der Waals surface area contributed by atoms with Crippen LogP contribution in [0.4, 0.5) is 8.78 Å². The molecule has 0 radical (unpaired) electrons. The molecule has 0 aromatic rings. The summed E-state index contributed by atoms with van der Waals surface area (Å²) in [6.45, 7) is 1.55. The molecule has 1 N–H and O–H groups in total. The van der Waals surface area contributed by atoms with Crippen molar-refractivity contribution in [1.29, 1.82) is 5.41 Å². The monoisotopic (exact) mass is 220 g/mol. The number of alkyl halides is 2. The zero-order valence-corrected chi connectivity index (χ0v) is 8.85. The van der Waals surface area contributed by atoms with Crippen molar-refractivity contribution in [2.24, 2.45) is 0 Å². The van der Waals surface area contributed by atoms with Gasteiger partial charge in [0.2, 0.25) is 0 Å². The topological polar surface area (TPSA) is 36.3 Å². The van der Waals surface area contributed by atoms with Gasteiger partial charge >= 0.3 is 0 Å². The van der Waals surface area contributed by atoms with Crippen molar-refractivity contribution < 1.29 is 13.5 Å². The van der Waals surface area contributed by atoms with E-state index in [1.54, 1.807) is 0 Å². The van der Waals surface area contributed by atoms with Crippen molar-refractivity contribution in [1.82, 2.24) is 4.90 Å². The number of hydrogen-bond donors (Lipinski definition) is 1. The van der Waals surface area contributed by atoms with E-state index in [9.17, 15) is 8.78 Å². The first kappa shape index (κ1) is 12.4. The van der Waals surface area contributed by atoms with Crippen LogP contribution in [0.25, 0.3) is 0 Å². The first-order valence-electron chi connectivity index (χ1n) is 5.38. The molecule has 15 heavy (non-hydrogen) atoms. The van der Waals surface area contributed by atoms with Crippen molar-refractivity contribution in [2.75, 3.05) is 26.3 Å². The molecule has 0 amide bonds. The minimum Gasteiger partial charge on any atom is -0.375 e. The Morgan fingerprint density at radius 1 is 1.27 bits per heavy atom. The summed E-state index contributed by atoms with van der Waals surface area (Å²) in [4.78, 5) is 2.01. The Morgan fingerprint density at radius 2 is 1.93 bits per heavy atom. The van der Waals surface area contributed by atoms with Gasteiger partial charge in [-0.15, -0.1) is 0 Å². The van der Waals surface area contributed by atoms with Crippen molar-refractivity contribution in [3.63, 3.8) is 0 Å². The molecule has 0 aromatic heterocycles. The predicted octanol–water partition coefficient (Wildman–Crippen LogP) is 2.12. The predicted molar refractivity (Wildman–Crippen MR) is 54.6 cm³/mol. The smallest absolute Gasteiger partial charge is 0.261 e. The van der Waals surface area contributed by atoms with Crippen molar-refractivity contribution >= 4 is 5.84 Å². The number of hydrogen-bond acceptors (Lipinski definition) is 2. The van der Waals surface area contributed by atoms with E-state index in [1.807, 2.05) is 4.90 Å². The highest BCUT2D eigenvalue weighted by Crippen LogP contribution is 2.10. The Bertz CT molecular complexity index is 194. The van der Waals surface area contributed by atoms with Gasteiger partial charge in [0, 0.05) is 19.5 Å². The minimum absolute atomic E-state index is 0.222. The molecule has 0 aliphatic carbocycles. The quantitative estimate of drug-likeness (QED) is 0.437. The second kappa shape index (κ2) is 6.71. The van der Waals surface area contributed by atoms with Gasteiger partial charge in [-0.3, -0.25) is 5.41 Å². The Morgan fingerprint density at radius 3 is 2.53 bits per heavy atom. The third kappa shape index (κ3) is 5.06. The van der Waals surface area contributed by atoms with E-state index in [-0.39, 0.29) is 6.61 Å². The summed E-state index contributed by atoms with van der Waals surface area (Å²) in [5, 5.41) is 7.73. The SMILES string of the molecule is N=C(CCOCC(F)F)N1CCCCC1. The minimum atomic E-state index is -2.41. The maximum Gasteiger partial charge on any atom is 0.261 e. The zero-order chi connectivity index (χ0) is 11.1. The Labute approximate surface area is 88.9 Å². The maximum atomic E-state index is 11.7. The number of amidine groups is 1. The molecule has 0 atom stereocenters. The van der Waals surface area contributed by atoms with Gasteiger partial charge in [0.05, 0.1) is 12.4 Å². The van der Waals surface area contributed by atoms with Gasteiger partial charge in [-0.1, -0.05) is 0 Å². The molecule has 0 unspecified atom stereocenters. The van der Waals surface area contributed by atoms with Crippen LogP contribution < -0.4 is 0 Å². The lowest BCUT2D eigenvalue weighted by atomic mass is 10.1. The number of ether oxygens (including phenoxy) is 1. The van der Waals surface area contributed by atoms with Crippen LogP contribution in [0.2, 0.25) is 0 Å². The normalized spacial score (nSPS) is 17.1. The Kier molecular flexibility index (Phi) is 5.53. The van der Waals surface area contributed by atoms with E-state index in [2.05, 4.69) is 0 Å². The largest absolute Gasteiger partial charge is 0.375 e. The van der Waals surface area contributed by atoms with Crippen LogP contribution in [0.5, 0.6) is 0 Å². The average Bonchev–Trinajstić information content (AvgIpc) is 2.25. The summed E-state index contributed by atoms with van der Waals surface area (Å²) in [6.07, 6.45) is 1.51. The maximum absolute atomic E-state index is 11.7. The number of nitrogens with zero attached hydrogens (tertiary/aromatic N) is 1. The summed E-state index contributed by atoms with van der Waals surface area (Å²) >= 11 is 0. The lowest BCUT2D eigenvalue weighted by Crippen LogP contribution is -2.35. The van der Waals surface area contributed by atoms with Crippen molar-refractivity contribution in [2.45, 2.75) is 32.1 Å². The number of rotatable bonds is 5. The van der Waals surface area contributed by atoms with Crippen LogP contribution in [0.1, 0.15) is 25.7 Å². The van der Waals surface area contributed by atoms with Gasteiger partial charge in [-0.25, -0.2) is 8.78 Å². The molecule has 1 rings (SSSR count). The molecule has 3 nitrogen and oxygen atoms in total. The van der Waals surface area contributed by atoms with Crippen LogP contribution in [0.15, 0.2) is 0 Å². The van der Waals surface area contributed by atoms with Crippen LogP contribution in [-0.2, 0) is 4.74 Å². The molecule has 1 fully saturated rings. The van der Waals surface area contributed by atoms with Crippen LogP contribution >= 0.6 is 0 Å². The van der Waals surface area contributed by atoms with Gasteiger partial charge in [-0.05, 0) is 19.3 Å². The zero-order valence-electron chi connectivity index (χ0n) is 8.85. The highest BCUT2D eigenvalue weighted by atomic mass is 19.3. The van der Waals surface area contributed by atoms with Crippen LogP contribution in [-0.4, -0.2) is 43.5 Å². The molecule has 0 bridgehead atoms. The van der Waals surface area contributed by atoms with Crippen molar-refractivity contribution in [3.05, 3.63) is 0 Å². The Hall–Kier alpha value is -0.710. The molecule has 1 heterocycles. The molecular formula is C10H18F2N2O. The third-order valence-corrected chi connectivity index (χ3v) is 2.46. The molecule has 1 aliphatic heterocycles. The molecule has 5 heteroatoms. The summed E-state index contributed by atoms with van der Waals surface area (Å²) in [7, 11) is 0. The van der Waals surface area contributed by atoms with E-state index < -0.39 is 13.0 Å². The fourth-order valence-electron chi connectivity index (χ4n) is 1.66. The molecule has 1 aliphatic rings. The van der Waals surface area contributed by atoms with Gasteiger partial charge in [0.1, 0.15) is 6.61 Å². The number of piperidine rings is 1.